The number of para-hydroxylation sites is 1. The van der Waals surface area contributed by atoms with E-state index in [-0.39, 0.29) is 23.2 Å². The van der Waals surface area contributed by atoms with Crippen molar-refractivity contribution in [2.45, 2.75) is 24.7 Å². The molecular formula is C20H20N4O2S2. The maximum absolute atomic E-state index is 12.3. The summed E-state index contributed by atoms with van der Waals surface area (Å²) in [5.41, 5.74) is 2.58. The molecule has 2 amide bonds. The second-order valence-corrected chi connectivity index (χ2v) is 7.98. The number of thioether (sulfide) groups is 1. The first-order chi connectivity index (χ1) is 13.5. The molecule has 0 atom stereocenters. The van der Waals surface area contributed by atoms with Gasteiger partial charge in [0.05, 0.1) is 5.69 Å². The number of amides is 2. The zero-order valence-electron chi connectivity index (χ0n) is 15.6. The quantitative estimate of drug-likeness (QED) is 0.562. The van der Waals surface area contributed by atoms with Gasteiger partial charge in [-0.3, -0.25) is 9.59 Å². The fourth-order valence-corrected chi connectivity index (χ4v) is 3.82. The van der Waals surface area contributed by atoms with Crippen molar-refractivity contribution in [2.75, 3.05) is 16.9 Å². The molecule has 0 bridgehead atoms. The highest BCUT2D eigenvalue weighted by atomic mass is 32.2. The van der Waals surface area contributed by atoms with Crippen molar-refractivity contribution in [3.63, 3.8) is 0 Å². The zero-order chi connectivity index (χ0) is 19.9. The van der Waals surface area contributed by atoms with Crippen LogP contribution in [0.15, 0.2) is 53.4 Å². The lowest BCUT2D eigenvalue weighted by Gasteiger charge is -2.08. The molecule has 8 heteroatoms. The van der Waals surface area contributed by atoms with Crippen LogP contribution < -0.4 is 10.6 Å². The van der Waals surface area contributed by atoms with Crippen LogP contribution in [-0.2, 0) is 11.2 Å². The summed E-state index contributed by atoms with van der Waals surface area (Å²) in [6, 6.07) is 15.2. The highest BCUT2D eigenvalue weighted by Crippen LogP contribution is 2.25. The number of carbonyl (C=O) groups excluding carboxylic acids is 2. The summed E-state index contributed by atoms with van der Waals surface area (Å²) in [5.74, 6) is -0.393. The Balaban J connectivity index is 1.54. The van der Waals surface area contributed by atoms with E-state index in [9.17, 15) is 9.59 Å². The molecule has 0 aliphatic rings. The molecule has 0 saturated carbocycles. The van der Waals surface area contributed by atoms with Gasteiger partial charge in [0.25, 0.3) is 5.91 Å². The van der Waals surface area contributed by atoms with Gasteiger partial charge in [-0.15, -0.1) is 22.0 Å². The Morgan fingerprint density at radius 1 is 1.07 bits per heavy atom. The number of nitrogens with zero attached hydrogens (tertiary/aromatic N) is 2. The minimum atomic E-state index is -0.298. The first kappa shape index (κ1) is 20.0. The summed E-state index contributed by atoms with van der Waals surface area (Å²) in [6.07, 6.45) is 2.68. The van der Waals surface area contributed by atoms with E-state index in [0.29, 0.717) is 17.1 Å². The Bertz CT molecular complexity index is 988. The first-order valence-corrected chi connectivity index (χ1v) is 10.7. The molecule has 0 radical (unpaired) electrons. The molecular weight excluding hydrogens is 392 g/mol. The minimum Gasteiger partial charge on any atom is -0.325 e. The van der Waals surface area contributed by atoms with Crippen molar-refractivity contribution in [2.24, 2.45) is 0 Å². The molecule has 3 aromatic rings. The summed E-state index contributed by atoms with van der Waals surface area (Å²) in [6.45, 7) is 1.96. The van der Waals surface area contributed by atoms with E-state index < -0.39 is 0 Å². The van der Waals surface area contributed by atoms with Crippen LogP contribution in [0.25, 0.3) is 0 Å². The molecule has 1 aromatic heterocycles. The van der Waals surface area contributed by atoms with Gasteiger partial charge >= 0.3 is 0 Å². The maximum Gasteiger partial charge on any atom is 0.286 e. The van der Waals surface area contributed by atoms with Gasteiger partial charge in [0, 0.05) is 23.4 Å². The summed E-state index contributed by atoms with van der Waals surface area (Å²) in [7, 11) is 0. The fourth-order valence-electron chi connectivity index (χ4n) is 2.53. The SMILES string of the molecule is CSc1ccccc1NC(=O)CCc1nnc(C(=O)Nc2cccc(C)c2)s1. The summed E-state index contributed by atoms with van der Waals surface area (Å²) in [5, 5.41) is 14.6. The average Bonchev–Trinajstić information content (AvgIpc) is 3.16. The largest absolute Gasteiger partial charge is 0.325 e. The molecule has 3 rings (SSSR count). The Hall–Kier alpha value is -2.71. The lowest BCUT2D eigenvalue weighted by atomic mass is 10.2. The van der Waals surface area contributed by atoms with E-state index in [1.165, 1.54) is 11.3 Å². The van der Waals surface area contributed by atoms with E-state index in [1.807, 2.05) is 61.7 Å². The number of aromatic nitrogens is 2. The van der Waals surface area contributed by atoms with Gasteiger partial charge < -0.3 is 10.6 Å². The highest BCUT2D eigenvalue weighted by molar-refractivity contribution is 7.98. The van der Waals surface area contributed by atoms with Crippen LogP contribution in [0, 0.1) is 6.92 Å². The predicted octanol–water partition coefficient (Wildman–Crippen LogP) is 4.39. The number of benzene rings is 2. The zero-order valence-corrected chi connectivity index (χ0v) is 17.2. The van der Waals surface area contributed by atoms with Gasteiger partial charge in [-0.25, -0.2) is 0 Å². The summed E-state index contributed by atoms with van der Waals surface area (Å²) < 4.78 is 0. The third-order valence-electron chi connectivity index (χ3n) is 3.88. The number of rotatable bonds is 7. The molecule has 0 spiro atoms. The molecule has 0 unspecified atom stereocenters. The van der Waals surface area contributed by atoms with Crippen molar-refractivity contribution >= 4 is 46.3 Å². The molecule has 0 aliphatic heterocycles. The van der Waals surface area contributed by atoms with Crippen molar-refractivity contribution in [1.29, 1.82) is 0 Å². The minimum absolute atomic E-state index is 0.0949. The number of hydrogen-bond donors (Lipinski definition) is 2. The second kappa shape index (κ2) is 9.48. The standard InChI is InChI=1S/C20H20N4O2S2/c1-13-6-5-7-14(12-13)21-19(26)20-24-23-18(28-20)11-10-17(25)22-15-8-3-4-9-16(15)27-2/h3-9,12H,10-11H2,1-2H3,(H,21,26)(H,22,25). The summed E-state index contributed by atoms with van der Waals surface area (Å²) in [4.78, 5) is 25.5. The Morgan fingerprint density at radius 2 is 1.89 bits per heavy atom. The van der Waals surface area contributed by atoms with Gasteiger partial charge in [-0.05, 0) is 43.0 Å². The number of carbonyl (C=O) groups is 2. The number of nitrogens with one attached hydrogen (secondary N) is 2. The predicted molar refractivity (Wildman–Crippen MR) is 114 cm³/mol. The second-order valence-electron chi connectivity index (χ2n) is 6.07. The molecule has 6 nitrogen and oxygen atoms in total. The molecule has 0 aliphatic carbocycles. The van der Waals surface area contributed by atoms with Crippen molar-refractivity contribution in [3.8, 4) is 0 Å². The van der Waals surface area contributed by atoms with Crippen LogP contribution in [0.3, 0.4) is 0 Å². The number of aryl methyl sites for hydroxylation is 2. The molecule has 1 heterocycles. The average molecular weight is 413 g/mol. The van der Waals surface area contributed by atoms with Gasteiger partial charge in [0.2, 0.25) is 10.9 Å². The molecule has 0 fully saturated rings. The van der Waals surface area contributed by atoms with E-state index in [2.05, 4.69) is 20.8 Å². The van der Waals surface area contributed by atoms with Gasteiger partial charge in [0.15, 0.2) is 0 Å². The number of anilines is 2. The third-order valence-corrected chi connectivity index (χ3v) is 5.66. The van der Waals surface area contributed by atoms with Crippen LogP contribution in [0.1, 0.15) is 26.8 Å². The van der Waals surface area contributed by atoms with Crippen LogP contribution >= 0.6 is 23.1 Å². The topological polar surface area (TPSA) is 84.0 Å². The molecule has 28 heavy (non-hydrogen) atoms. The van der Waals surface area contributed by atoms with Crippen molar-refractivity contribution in [3.05, 3.63) is 64.1 Å². The number of hydrogen-bond acceptors (Lipinski definition) is 6. The van der Waals surface area contributed by atoms with Crippen LogP contribution in [-0.4, -0.2) is 28.3 Å². The van der Waals surface area contributed by atoms with Crippen LogP contribution in [0.2, 0.25) is 0 Å². The first-order valence-electron chi connectivity index (χ1n) is 8.68. The van der Waals surface area contributed by atoms with Crippen LogP contribution in [0.4, 0.5) is 11.4 Å². The molecule has 2 N–H and O–H groups in total. The molecule has 0 saturated heterocycles. The Kier molecular flexibility index (Phi) is 6.78. The lowest BCUT2D eigenvalue weighted by molar-refractivity contribution is -0.116. The van der Waals surface area contributed by atoms with Gasteiger partial charge in [0.1, 0.15) is 5.01 Å². The smallest absolute Gasteiger partial charge is 0.286 e. The van der Waals surface area contributed by atoms with E-state index in [1.54, 1.807) is 11.8 Å². The summed E-state index contributed by atoms with van der Waals surface area (Å²) >= 11 is 2.78. The normalized spacial score (nSPS) is 10.5. The molecule has 2 aromatic carbocycles. The monoisotopic (exact) mass is 412 g/mol. The highest BCUT2D eigenvalue weighted by Gasteiger charge is 2.14. The Morgan fingerprint density at radius 3 is 2.68 bits per heavy atom. The van der Waals surface area contributed by atoms with Crippen molar-refractivity contribution in [1.82, 2.24) is 10.2 Å². The molecule has 144 valence electrons. The van der Waals surface area contributed by atoms with E-state index in [0.717, 1.165) is 16.1 Å². The van der Waals surface area contributed by atoms with Gasteiger partial charge in [-0.2, -0.15) is 0 Å². The lowest BCUT2D eigenvalue weighted by Crippen LogP contribution is -2.12. The van der Waals surface area contributed by atoms with Gasteiger partial charge in [-0.1, -0.05) is 35.6 Å². The van der Waals surface area contributed by atoms with Crippen LogP contribution in [0.5, 0.6) is 0 Å². The third kappa shape index (κ3) is 5.40. The van der Waals surface area contributed by atoms with Crippen molar-refractivity contribution < 1.29 is 9.59 Å². The fraction of sp³-hybridized carbons (Fsp3) is 0.200. The van der Waals surface area contributed by atoms with E-state index >= 15 is 0 Å². The van der Waals surface area contributed by atoms with E-state index in [4.69, 9.17) is 0 Å². The maximum atomic E-state index is 12.3. The Labute approximate surface area is 171 Å².